The Morgan fingerprint density at radius 1 is 1.33 bits per heavy atom. The van der Waals surface area contributed by atoms with Crippen LogP contribution in [0.15, 0.2) is 22.8 Å². The van der Waals surface area contributed by atoms with E-state index in [0.29, 0.717) is 25.2 Å². The Morgan fingerprint density at radius 3 is 2.76 bits per heavy atom. The molecule has 0 atom stereocenters. The van der Waals surface area contributed by atoms with Crippen LogP contribution in [0.4, 0.5) is 0 Å². The van der Waals surface area contributed by atoms with Crippen LogP contribution in [0.2, 0.25) is 0 Å². The van der Waals surface area contributed by atoms with Gasteiger partial charge in [-0.1, -0.05) is 0 Å². The molecule has 1 aliphatic carbocycles. The maximum atomic E-state index is 9.23. The second-order valence-electron chi connectivity index (χ2n) is 5.74. The summed E-state index contributed by atoms with van der Waals surface area (Å²) in [6.07, 6.45) is 6.49. The summed E-state index contributed by atoms with van der Waals surface area (Å²) in [6, 6.07) is 4.52. The Labute approximate surface area is 133 Å². The Morgan fingerprint density at radius 2 is 2.10 bits per heavy atom. The van der Waals surface area contributed by atoms with Crippen molar-refractivity contribution in [2.75, 3.05) is 13.2 Å². The molecule has 1 N–H and O–H groups in total. The van der Waals surface area contributed by atoms with Crippen molar-refractivity contribution in [1.82, 2.24) is 9.78 Å². The summed E-state index contributed by atoms with van der Waals surface area (Å²) in [7, 11) is 0. The third kappa shape index (κ3) is 3.09. The minimum atomic E-state index is 0.318. The minimum absolute atomic E-state index is 0.318. The monoisotopic (exact) mass is 352 g/mol. The van der Waals surface area contributed by atoms with Gasteiger partial charge in [0.2, 0.25) is 0 Å². The second kappa shape index (κ2) is 6.36. The van der Waals surface area contributed by atoms with E-state index in [1.807, 2.05) is 13.0 Å². The molecular formula is C16H21BrN2O2. The van der Waals surface area contributed by atoms with Gasteiger partial charge in [0, 0.05) is 24.3 Å². The Bertz CT molecular complexity index is 618. The summed E-state index contributed by atoms with van der Waals surface area (Å²) in [5.74, 6) is 1.32. The van der Waals surface area contributed by atoms with Crippen molar-refractivity contribution in [2.45, 2.75) is 38.6 Å². The number of ether oxygens (including phenoxy) is 1. The van der Waals surface area contributed by atoms with Crippen LogP contribution in [0.25, 0.3) is 10.9 Å². The molecular weight excluding hydrogens is 332 g/mol. The zero-order valence-electron chi connectivity index (χ0n) is 12.3. The Kier molecular flexibility index (Phi) is 4.50. The van der Waals surface area contributed by atoms with Crippen molar-refractivity contribution in [3.05, 3.63) is 22.8 Å². The fourth-order valence-electron chi connectivity index (χ4n) is 3.09. The number of halogens is 1. The summed E-state index contributed by atoms with van der Waals surface area (Å²) in [5.41, 5.74) is 0.978. The molecule has 2 aromatic rings. The summed E-state index contributed by atoms with van der Waals surface area (Å²) in [4.78, 5) is 0. The first-order valence-electron chi connectivity index (χ1n) is 7.63. The zero-order valence-corrected chi connectivity index (χ0v) is 13.8. The number of rotatable bonds is 4. The normalized spacial score (nSPS) is 22.6. The van der Waals surface area contributed by atoms with Gasteiger partial charge in [0.15, 0.2) is 0 Å². The highest BCUT2D eigenvalue weighted by Gasteiger charge is 2.22. The van der Waals surface area contributed by atoms with Gasteiger partial charge >= 0.3 is 0 Å². The maximum Gasteiger partial charge on any atom is 0.135 e. The van der Waals surface area contributed by atoms with E-state index in [1.165, 1.54) is 0 Å². The number of benzene rings is 1. The number of hydrogen-bond donors (Lipinski definition) is 1. The smallest absolute Gasteiger partial charge is 0.135 e. The van der Waals surface area contributed by atoms with Gasteiger partial charge in [-0.15, -0.1) is 0 Å². The number of nitrogens with zero attached hydrogens (tertiary/aromatic N) is 2. The van der Waals surface area contributed by atoms with Gasteiger partial charge in [0.1, 0.15) is 5.75 Å². The molecule has 21 heavy (non-hydrogen) atoms. The van der Waals surface area contributed by atoms with Crippen LogP contribution in [0.3, 0.4) is 0 Å². The van der Waals surface area contributed by atoms with E-state index in [4.69, 9.17) is 9.84 Å². The molecule has 114 valence electrons. The molecule has 1 heterocycles. The molecule has 4 nitrogen and oxygen atoms in total. The topological polar surface area (TPSA) is 47.3 Å². The van der Waals surface area contributed by atoms with Crippen LogP contribution in [0.1, 0.15) is 38.6 Å². The molecule has 1 aromatic heterocycles. The highest BCUT2D eigenvalue weighted by Crippen LogP contribution is 2.34. The predicted octanol–water partition coefficient (Wildman–Crippen LogP) is 3.92. The van der Waals surface area contributed by atoms with Crippen molar-refractivity contribution in [2.24, 2.45) is 5.92 Å². The summed E-state index contributed by atoms with van der Waals surface area (Å²) >= 11 is 3.55. The van der Waals surface area contributed by atoms with Gasteiger partial charge in [0.05, 0.1) is 22.6 Å². The first kappa shape index (κ1) is 14.9. The van der Waals surface area contributed by atoms with Gasteiger partial charge < -0.3 is 9.84 Å². The lowest BCUT2D eigenvalue weighted by molar-refractivity contribution is 0.165. The molecule has 0 spiro atoms. The SMILES string of the molecule is CCOc1cc2nn([C@H]3CC[C@H](CO)CC3)cc2cc1Br. The van der Waals surface area contributed by atoms with Crippen molar-refractivity contribution in [3.8, 4) is 5.75 Å². The highest BCUT2D eigenvalue weighted by atomic mass is 79.9. The lowest BCUT2D eigenvalue weighted by Crippen LogP contribution is -2.20. The first-order valence-corrected chi connectivity index (χ1v) is 8.42. The van der Waals surface area contributed by atoms with E-state index in [2.05, 4.69) is 32.9 Å². The molecule has 0 radical (unpaired) electrons. The third-order valence-electron chi connectivity index (χ3n) is 4.32. The molecule has 0 aliphatic heterocycles. The molecule has 5 heteroatoms. The van der Waals surface area contributed by atoms with Crippen LogP contribution in [-0.4, -0.2) is 28.1 Å². The van der Waals surface area contributed by atoms with Gasteiger partial charge in [-0.25, -0.2) is 0 Å². The van der Waals surface area contributed by atoms with E-state index < -0.39 is 0 Å². The summed E-state index contributed by atoms with van der Waals surface area (Å²) in [6.45, 7) is 2.95. The van der Waals surface area contributed by atoms with E-state index in [9.17, 15) is 5.11 Å². The number of aliphatic hydroxyl groups excluding tert-OH is 1. The van der Waals surface area contributed by atoms with Gasteiger partial charge in [-0.05, 0) is 60.5 Å². The van der Waals surface area contributed by atoms with Crippen molar-refractivity contribution >= 4 is 26.8 Å². The van der Waals surface area contributed by atoms with Crippen LogP contribution < -0.4 is 4.74 Å². The number of hydrogen-bond acceptors (Lipinski definition) is 3. The van der Waals surface area contributed by atoms with Gasteiger partial charge in [0.25, 0.3) is 0 Å². The summed E-state index contributed by atoms with van der Waals surface area (Å²) in [5, 5.41) is 15.1. The van der Waals surface area contributed by atoms with Crippen LogP contribution in [0.5, 0.6) is 5.75 Å². The fourth-order valence-corrected chi connectivity index (χ4v) is 3.56. The Hall–Kier alpha value is -1.07. The standard InChI is InChI=1S/C16H21BrN2O2/c1-2-21-16-8-15-12(7-14(16)17)9-19(18-15)13-5-3-11(10-20)4-6-13/h7-9,11,13,20H,2-6,10H2,1H3/t11-,13-. The molecule has 0 unspecified atom stereocenters. The van der Waals surface area contributed by atoms with E-state index >= 15 is 0 Å². The molecule has 1 fully saturated rings. The molecule has 3 rings (SSSR count). The van der Waals surface area contributed by atoms with E-state index in [-0.39, 0.29) is 0 Å². The Balaban J connectivity index is 1.84. The number of fused-ring (bicyclic) bond motifs is 1. The molecule has 0 bridgehead atoms. The van der Waals surface area contributed by atoms with Crippen LogP contribution in [0, 0.1) is 5.92 Å². The van der Waals surface area contributed by atoms with E-state index in [1.54, 1.807) is 0 Å². The van der Waals surface area contributed by atoms with Gasteiger partial charge in [-0.3, -0.25) is 4.68 Å². The largest absolute Gasteiger partial charge is 0.493 e. The van der Waals surface area contributed by atoms with Crippen molar-refractivity contribution in [3.63, 3.8) is 0 Å². The molecule has 1 saturated carbocycles. The van der Waals surface area contributed by atoms with Gasteiger partial charge in [-0.2, -0.15) is 5.10 Å². The highest BCUT2D eigenvalue weighted by molar-refractivity contribution is 9.10. The quantitative estimate of drug-likeness (QED) is 0.906. The van der Waals surface area contributed by atoms with Crippen molar-refractivity contribution < 1.29 is 9.84 Å². The average molecular weight is 353 g/mol. The average Bonchev–Trinajstić information content (AvgIpc) is 2.91. The zero-order chi connectivity index (χ0) is 14.8. The molecule has 1 aromatic carbocycles. The first-order chi connectivity index (χ1) is 10.2. The number of aliphatic hydroxyl groups is 1. The third-order valence-corrected chi connectivity index (χ3v) is 4.94. The fraction of sp³-hybridized carbons (Fsp3) is 0.562. The molecule has 0 saturated heterocycles. The lowest BCUT2D eigenvalue weighted by atomic mass is 9.87. The minimum Gasteiger partial charge on any atom is -0.493 e. The van der Waals surface area contributed by atoms with Crippen LogP contribution in [-0.2, 0) is 0 Å². The second-order valence-corrected chi connectivity index (χ2v) is 6.60. The van der Waals surface area contributed by atoms with Crippen molar-refractivity contribution in [1.29, 1.82) is 0 Å². The number of aromatic nitrogens is 2. The van der Waals surface area contributed by atoms with Crippen LogP contribution >= 0.6 is 15.9 Å². The van der Waals surface area contributed by atoms with E-state index in [0.717, 1.165) is 46.8 Å². The molecule has 1 aliphatic rings. The molecule has 0 amide bonds. The predicted molar refractivity (Wildman–Crippen MR) is 86.7 cm³/mol. The summed E-state index contributed by atoms with van der Waals surface area (Å²) < 4.78 is 8.67. The lowest BCUT2D eigenvalue weighted by Gasteiger charge is -2.27. The maximum absolute atomic E-state index is 9.23.